The van der Waals surface area contributed by atoms with Crippen LogP contribution in [0.4, 0.5) is 4.79 Å². The number of rotatable bonds is 12. The lowest BCUT2D eigenvalue weighted by Crippen LogP contribution is -2.59. The molecule has 348 valence electrons. The lowest BCUT2D eigenvalue weighted by Gasteiger charge is -2.34. The second-order valence-corrected chi connectivity index (χ2v) is 22.3. The van der Waals surface area contributed by atoms with Gasteiger partial charge in [-0.25, -0.2) is 23.2 Å². The quantitative estimate of drug-likeness (QED) is 0.162. The highest BCUT2D eigenvalue weighted by Crippen LogP contribution is 2.52. The van der Waals surface area contributed by atoms with E-state index in [9.17, 15) is 22.8 Å². The first kappa shape index (κ1) is 45.1. The van der Waals surface area contributed by atoms with Crippen molar-refractivity contribution in [3.8, 4) is 33.5 Å². The number of nitrogens with zero attached hydrogens (tertiary/aromatic N) is 3. The largest absolute Gasteiger partial charge is 0.491 e. The highest BCUT2D eigenvalue weighted by atomic mass is 32.2. The summed E-state index contributed by atoms with van der Waals surface area (Å²) in [5.41, 5.74) is 0.493. The van der Waals surface area contributed by atoms with Crippen LogP contribution in [0.5, 0.6) is 11.5 Å². The molecule has 4 saturated carbocycles. The fraction of sp³-hybridized carbons (Fsp3) is 0.583. The Morgan fingerprint density at radius 3 is 2.43 bits per heavy atom. The smallest absolute Gasteiger partial charge is 0.408 e. The average Bonchev–Trinajstić information content (AvgIpc) is 4.22. The Hall–Kier alpha value is -5.03. The van der Waals surface area contributed by atoms with Gasteiger partial charge in [-0.05, 0) is 120 Å². The van der Waals surface area contributed by atoms with E-state index in [0.717, 1.165) is 30.6 Å². The zero-order chi connectivity index (χ0) is 45.6. The molecule has 9 rings (SSSR count). The number of ether oxygens (including phenoxy) is 3. The van der Waals surface area contributed by atoms with E-state index in [1.807, 2.05) is 68.6 Å². The van der Waals surface area contributed by atoms with Crippen molar-refractivity contribution in [1.82, 2.24) is 30.2 Å². The van der Waals surface area contributed by atoms with Crippen molar-refractivity contribution in [3.05, 3.63) is 60.1 Å². The van der Waals surface area contributed by atoms with Gasteiger partial charge < -0.3 is 29.7 Å². The molecule has 3 aromatic rings. The van der Waals surface area contributed by atoms with Crippen LogP contribution in [0, 0.1) is 29.6 Å². The standard InChI is InChI=1S/C48H60N6O9S2/c1-5-29-18-28(4)8-6-7-9-33-25-48(33,46(57)53-65(59,60)38-14-15-38)52-43(55)41-24-37(26-54(41)45(56)42(29)51-47(58)63-35-20-31-19-32(31)21-35)62-36-22-39(50-40(23-36)44-49-16-17-64-44)30-10-12-34(13-11-30)61-27(2)3/h7,9-13,16-17,22-23,27-29,31-33,35,37-38,41-42H,5-6,8,14-15,18-21,24-26H2,1-4H3,(H,51,58)(H,52,55)(H,53,57)/b9-7-/t28-,29-,31-,32+,33?,35?,37-,41+,42+,48-/m1/s1. The summed E-state index contributed by atoms with van der Waals surface area (Å²) in [5, 5.41) is 7.85. The monoisotopic (exact) mass is 928 g/mol. The third-order valence-corrected chi connectivity index (χ3v) is 16.6. The van der Waals surface area contributed by atoms with Crippen molar-refractivity contribution >= 4 is 45.2 Å². The zero-order valence-corrected chi connectivity index (χ0v) is 39.1. The minimum Gasteiger partial charge on any atom is -0.491 e. The molecule has 15 nitrogen and oxygen atoms in total. The van der Waals surface area contributed by atoms with Crippen LogP contribution in [0.25, 0.3) is 22.0 Å². The topological polar surface area (TPSA) is 195 Å². The van der Waals surface area contributed by atoms with Gasteiger partial charge in [0, 0.05) is 41.6 Å². The summed E-state index contributed by atoms with van der Waals surface area (Å²) in [6.07, 6.45) is 10.7. The normalized spacial score (nSPS) is 31.6. The maximum Gasteiger partial charge on any atom is 0.408 e. The van der Waals surface area contributed by atoms with Gasteiger partial charge in [-0.15, -0.1) is 11.3 Å². The lowest BCUT2D eigenvalue weighted by molar-refractivity contribution is -0.142. The number of thiazole rings is 1. The zero-order valence-electron chi connectivity index (χ0n) is 37.4. The highest BCUT2D eigenvalue weighted by molar-refractivity contribution is 7.91. The number of aromatic nitrogens is 2. The average molecular weight is 929 g/mol. The SMILES string of the molecule is CC[C@@H]1C[C@H](C)CC/C=C\C2C[C@@]2(C(=O)NS(=O)(=O)C2CC2)NC(=O)[C@@H]2C[C@@H](Oc3cc(-c4ccc(OC(C)C)cc4)nc(-c4nccs4)c3)CN2C(=O)[C@H]1NC(=O)OC1C[C@@H]2C[C@@H]2C1. The number of allylic oxidation sites excluding steroid dienone is 1. The van der Waals surface area contributed by atoms with Crippen molar-refractivity contribution in [1.29, 1.82) is 0 Å². The highest BCUT2D eigenvalue weighted by Gasteiger charge is 2.62. The number of hydrogen-bond donors (Lipinski definition) is 3. The molecule has 4 heterocycles. The number of sulfonamides is 1. The molecule has 1 aromatic carbocycles. The molecule has 5 fully saturated rings. The Morgan fingerprint density at radius 1 is 0.985 bits per heavy atom. The van der Waals surface area contributed by atoms with Gasteiger partial charge in [-0.3, -0.25) is 19.1 Å². The van der Waals surface area contributed by atoms with Crippen LogP contribution >= 0.6 is 11.3 Å². The molecule has 3 N–H and O–H groups in total. The van der Waals surface area contributed by atoms with E-state index in [2.05, 4.69) is 27.3 Å². The van der Waals surface area contributed by atoms with Gasteiger partial charge in [0.1, 0.15) is 52.0 Å². The Balaban J connectivity index is 1.04. The van der Waals surface area contributed by atoms with Crippen molar-refractivity contribution in [2.75, 3.05) is 6.54 Å². The van der Waals surface area contributed by atoms with E-state index in [4.69, 9.17) is 19.2 Å². The van der Waals surface area contributed by atoms with E-state index in [-0.39, 0.29) is 43.4 Å². The summed E-state index contributed by atoms with van der Waals surface area (Å²) in [5.74, 6) is -0.0344. The van der Waals surface area contributed by atoms with Crippen LogP contribution < -0.4 is 24.8 Å². The molecule has 4 amide bonds. The van der Waals surface area contributed by atoms with Crippen LogP contribution in [0.15, 0.2) is 60.1 Å². The van der Waals surface area contributed by atoms with E-state index >= 15 is 4.79 Å². The van der Waals surface area contributed by atoms with Gasteiger partial charge in [-0.2, -0.15) is 0 Å². The number of amides is 4. The van der Waals surface area contributed by atoms with Crippen molar-refractivity contribution in [2.45, 2.75) is 140 Å². The molecule has 0 radical (unpaired) electrons. The van der Waals surface area contributed by atoms with Gasteiger partial charge >= 0.3 is 6.09 Å². The fourth-order valence-corrected chi connectivity index (χ4v) is 12.1. The summed E-state index contributed by atoms with van der Waals surface area (Å²) >= 11 is 1.43. The molecule has 10 atom stereocenters. The third kappa shape index (κ3) is 10.2. The first-order valence-electron chi connectivity index (χ1n) is 23.4. The second-order valence-electron chi connectivity index (χ2n) is 19.4. The molecule has 2 aliphatic heterocycles. The fourth-order valence-electron chi connectivity index (χ4n) is 10.1. The van der Waals surface area contributed by atoms with E-state index in [0.29, 0.717) is 66.1 Å². The number of pyridine rings is 1. The minimum atomic E-state index is -3.92. The van der Waals surface area contributed by atoms with Crippen molar-refractivity contribution in [3.63, 3.8) is 0 Å². The summed E-state index contributed by atoms with van der Waals surface area (Å²) in [4.78, 5) is 68.7. The molecule has 2 unspecified atom stereocenters. The van der Waals surface area contributed by atoms with Crippen LogP contribution in [0.2, 0.25) is 0 Å². The lowest BCUT2D eigenvalue weighted by atomic mass is 9.85. The molecule has 1 saturated heterocycles. The number of carbonyl (C=O) groups excluding carboxylic acids is 4. The third-order valence-electron chi connectivity index (χ3n) is 14.0. The van der Waals surface area contributed by atoms with Crippen molar-refractivity contribution < 1.29 is 41.8 Å². The number of nitrogens with one attached hydrogen (secondary N) is 3. The molecule has 4 aliphatic carbocycles. The van der Waals surface area contributed by atoms with Crippen LogP contribution in [-0.4, -0.2) is 94.8 Å². The first-order chi connectivity index (χ1) is 31.2. The Kier molecular flexibility index (Phi) is 12.7. The predicted molar refractivity (Wildman–Crippen MR) is 244 cm³/mol. The maximum atomic E-state index is 15.3. The predicted octanol–water partition coefficient (Wildman–Crippen LogP) is 6.79. The van der Waals surface area contributed by atoms with Crippen LogP contribution in [-0.2, 0) is 29.1 Å². The number of hydrogen-bond acceptors (Lipinski definition) is 12. The molecule has 6 aliphatic rings. The van der Waals surface area contributed by atoms with Gasteiger partial charge in [0.25, 0.3) is 5.91 Å². The molecule has 0 spiro atoms. The Labute approximate surface area is 384 Å². The molecule has 17 heteroatoms. The number of alkyl carbamates (subject to hydrolysis) is 1. The van der Waals surface area contributed by atoms with E-state index in [1.54, 1.807) is 12.3 Å². The summed E-state index contributed by atoms with van der Waals surface area (Å²) in [7, 11) is -3.92. The van der Waals surface area contributed by atoms with Crippen LogP contribution in [0.3, 0.4) is 0 Å². The maximum absolute atomic E-state index is 15.3. The summed E-state index contributed by atoms with van der Waals surface area (Å²) < 4.78 is 46.9. The molecule has 2 aromatic heterocycles. The van der Waals surface area contributed by atoms with Gasteiger partial charge in [0.05, 0.1) is 23.6 Å². The van der Waals surface area contributed by atoms with Gasteiger partial charge in [0.2, 0.25) is 21.8 Å². The Morgan fingerprint density at radius 2 is 1.74 bits per heavy atom. The molecular formula is C48H60N6O9S2. The van der Waals surface area contributed by atoms with E-state index < -0.39 is 68.7 Å². The number of carbonyl (C=O) groups is 4. The van der Waals surface area contributed by atoms with E-state index in [1.165, 1.54) is 22.7 Å². The number of benzene rings is 1. The second kappa shape index (κ2) is 18.3. The van der Waals surface area contributed by atoms with Gasteiger partial charge in [-0.1, -0.05) is 32.4 Å². The molecule has 0 bridgehead atoms. The van der Waals surface area contributed by atoms with Crippen LogP contribution in [0.1, 0.15) is 98.3 Å². The summed E-state index contributed by atoms with van der Waals surface area (Å²) in [6, 6.07) is 9.08. The Bertz CT molecular complexity index is 2400. The first-order valence-corrected chi connectivity index (χ1v) is 25.8. The summed E-state index contributed by atoms with van der Waals surface area (Å²) in [6.45, 7) is 8.05. The van der Waals surface area contributed by atoms with Crippen molar-refractivity contribution in [2.24, 2.45) is 29.6 Å². The van der Waals surface area contributed by atoms with Gasteiger partial charge in [0.15, 0.2) is 0 Å². The molecule has 65 heavy (non-hydrogen) atoms. The molecular weight excluding hydrogens is 869 g/mol. The minimum absolute atomic E-state index is 0.00775. The number of fused-ring (bicyclic) bond motifs is 3.